The van der Waals surface area contributed by atoms with Crippen LogP contribution in [0.5, 0.6) is 5.75 Å². The van der Waals surface area contributed by atoms with E-state index in [1.54, 1.807) is 7.11 Å². The second-order valence-electron chi connectivity index (χ2n) is 5.75. The van der Waals surface area contributed by atoms with E-state index in [1.165, 1.54) is 22.4 Å². The van der Waals surface area contributed by atoms with Crippen LogP contribution in [0.1, 0.15) is 42.5 Å². The first-order chi connectivity index (χ1) is 9.67. The predicted molar refractivity (Wildman–Crippen MR) is 83.6 cm³/mol. The van der Waals surface area contributed by atoms with Gasteiger partial charge in [-0.1, -0.05) is 38.1 Å². The quantitative estimate of drug-likeness (QED) is 0.882. The van der Waals surface area contributed by atoms with E-state index in [9.17, 15) is 0 Å². The number of ether oxygens (including phenoxy) is 1. The standard InChI is InChI=1S/C18H21NO/c1-12(2)14-6-9-17-15(10-14)11-18(19-17)13-4-7-16(20-3)8-5-13/h4-10,12,18-19H,11H2,1-3H3. The average molecular weight is 267 g/mol. The van der Waals surface area contributed by atoms with Gasteiger partial charge in [0.05, 0.1) is 13.2 Å². The van der Waals surface area contributed by atoms with Crippen molar-refractivity contribution in [1.29, 1.82) is 0 Å². The van der Waals surface area contributed by atoms with E-state index in [1.807, 2.05) is 12.1 Å². The smallest absolute Gasteiger partial charge is 0.118 e. The van der Waals surface area contributed by atoms with E-state index >= 15 is 0 Å². The molecule has 3 rings (SSSR count). The van der Waals surface area contributed by atoms with Crippen molar-refractivity contribution in [2.45, 2.75) is 32.2 Å². The minimum Gasteiger partial charge on any atom is -0.497 e. The maximum absolute atomic E-state index is 5.22. The van der Waals surface area contributed by atoms with Gasteiger partial charge in [0.25, 0.3) is 0 Å². The molecule has 1 atom stereocenters. The molecular weight excluding hydrogens is 246 g/mol. The fourth-order valence-corrected chi connectivity index (χ4v) is 2.78. The Labute approximate surface area is 120 Å². The number of benzene rings is 2. The Morgan fingerprint density at radius 1 is 1.10 bits per heavy atom. The van der Waals surface area contributed by atoms with Gasteiger partial charge in [-0.25, -0.2) is 0 Å². The molecule has 0 aliphatic carbocycles. The van der Waals surface area contributed by atoms with Gasteiger partial charge in [-0.2, -0.15) is 0 Å². The van der Waals surface area contributed by atoms with Gasteiger partial charge < -0.3 is 10.1 Å². The first-order valence-corrected chi connectivity index (χ1v) is 7.20. The van der Waals surface area contributed by atoms with Gasteiger partial charge in [-0.15, -0.1) is 0 Å². The van der Waals surface area contributed by atoms with Crippen LogP contribution in [-0.4, -0.2) is 7.11 Å². The summed E-state index contributed by atoms with van der Waals surface area (Å²) in [6, 6.07) is 15.5. The zero-order chi connectivity index (χ0) is 14.1. The summed E-state index contributed by atoms with van der Waals surface area (Å²) in [6.07, 6.45) is 1.06. The Bertz CT molecular complexity index is 601. The molecule has 1 N–H and O–H groups in total. The minimum absolute atomic E-state index is 0.373. The highest BCUT2D eigenvalue weighted by Crippen LogP contribution is 2.36. The summed E-state index contributed by atoms with van der Waals surface area (Å²) in [6.45, 7) is 4.48. The summed E-state index contributed by atoms with van der Waals surface area (Å²) in [5.74, 6) is 1.49. The lowest BCUT2D eigenvalue weighted by molar-refractivity contribution is 0.414. The Morgan fingerprint density at radius 3 is 2.50 bits per heavy atom. The van der Waals surface area contributed by atoms with E-state index in [4.69, 9.17) is 4.74 Å². The minimum atomic E-state index is 0.373. The molecule has 2 aromatic carbocycles. The molecule has 0 radical (unpaired) electrons. The molecule has 0 bridgehead atoms. The van der Waals surface area contributed by atoms with Crippen molar-refractivity contribution in [2.24, 2.45) is 0 Å². The molecule has 1 unspecified atom stereocenters. The molecular formula is C18H21NO. The molecule has 0 aromatic heterocycles. The number of rotatable bonds is 3. The number of hydrogen-bond donors (Lipinski definition) is 1. The van der Waals surface area contributed by atoms with E-state index in [0.29, 0.717) is 12.0 Å². The monoisotopic (exact) mass is 267 g/mol. The lowest BCUT2D eigenvalue weighted by atomic mass is 9.98. The highest BCUT2D eigenvalue weighted by atomic mass is 16.5. The molecule has 0 amide bonds. The Balaban J connectivity index is 1.82. The maximum atomic E-state index is 5.22. The summed E-state index contributed by atoms with van der Waals surface area (Å²) >= 11 is 0. The zero-order valence-corrected chi connectivity index (χ0v) is 12.3. The molecule has 1 aliphatic rings. The molecule has 1 heterocycles. The molecule has 2 heteroatoms. The third-order valence-electron chi connectivity index (χ3n) is 4.07. The van der Waals surface area contributed by atoms with Crippen molar-refractivity contribution in [3.63, 3.8) is 0 Å². The molecule has 104 valence electrons. The van der Waals surface area contributed by atoms with Gasteiger partial charge in [-0.05, 0) is 47.2 Å². The molecule has 2 aromatic rings. The average Bonchev–Trinajstić information content (AvgIpc) is 2.90. The van der Waals surface area contributed by atoms with E-state index in [-0.39, 0.29) is 0 Å². The van der Waals surface area contributed by atoms with Gasteiger partial charge in [-0.3, -0.25) is 0 Å². The highest BCUT2D eigenvalue weighted by Gasteiger charge is 2.22. The SMILES string of the molecule is COc1ccc(C2Cc3cc(C(C)C)ccc3N2)cc1. The van der Waals surface area contributed by atoms with Crippen molar-refractivity contribution in [3.05, 3.63) is 59.2 Å². The molecule has 0 spiro atoms. The fourth-order valence-electron chi connectivity index (χ4n) is 2.78. The van der Waals surface area contributed by atoms with Crippen LogP contribution in [0.3, 0.4) is 0 Å². The second kappa shape index (κ2) is 5.20. The summed E-state index contributed by atoms with van der Waals surface area (Å²) in [7, 11) is 1.70. The number of anilines is 1. The molecule has 20 heavy (non-hydrogen) atoms. The normalized spacial score (nSPS) is 16.9. The summed E-state index contributed by atoms with van der Waals surface area (Å²) in [5.41, 5.74) is 5.43. The summed E-state index contributed by atoms with van der Waals surface area (Å²) < 4.78 is 5.22. The summed E-state index contributed by atoms with van der Waals surface area (Å²) in [4.78, 5) is 0. The molecule has 1 aliphatic heterocycles. The molecule has 0 saturated carbocycles. The van der Waals surface area contributed by atoms with Crippen molar-refractivity contribution in [1.82, 2.24) is 0 Å². The highest BCUT2D eigenvalue weighted by molar-refractivity contribution is 5.59. The zero-order valence-electron chi connectivity index (χ0n) is 12.3. The van der Waals surface area contributed by atoms with Crippen LogP contribution < -0.4 is 10.1 Å². The van der Waals surface area contributed by atoms with Crippen LogP contribution in [0.2, 0.25) is 0 Å². The maximum Gasteiger partial charge on any atom is 0.118 e. The summed E-state index contributed by atoms with van der Waals surface area (Å²) in [5, 5.41) is 3.61. The lowest BCUT2D eigenvalue weighted by Crippen LogP contribution is -2.05. The van der Waals surface area contributed by atoms with Crippen LogP contribution in [0.25, 0.3) is 0 Å². The van der Waals surface area contributed by atoms with Crippen molar-refractivity contribution in [2.75, 3.05) is 12.4 Å². The Morgan fingerprint density at radius 2 is 1.85 bits per heavy atom. The van der Waals surface area contributed by atoms with Crippen molar-refractivity contribution < 1.29 is 4.74 Å². The largest absolute Gasteiger partial charge is 0.497 e. The lowest BCUT2D eigenvalue weighted by Gasteiger charge is -2.12. The third kappa shape index (κ3) is 2.38. The number of hydrogen-bond acceptors (Lipinski definition) is 2. The topological polar surface area (TPSA) is 21.3 Å². The predicted octanol–water partition coefficient (Wildman–Crippen LogP) is 4.53. The van der Waals surface area contributed by atoms with Crippen LogP contribution in [0, 0.1) is 0 Å². The van der Waals surface area contributed by atoms with Crippen molar-refractivity contribution in [3.8, 4) is 5.75 Å². The van der Waals surface area contributed by atoms with Gasteiger partial charge >= 0.3 is 0 Å². The van der Waals surface area contributed by atoms with E-state index in [0.717, 1.165) is 12.2 Å². The molecule has 0 fully saturated rings. The van der Waals surface area contributed by atoms with E-state index < -0.39 is 0 Å². The first-order valence-electron chi connectivity index (χ1n) is 7.20. The fraction of sp³-hybridized carbons (Fsp3) is 0.333. The van der Waals surface area contributed by atoms with Crippen LogP contribution in [0.4, 0.5) is 5.69 Å². The Kier molecular flexibility index (Phi) is 3.39. The van der Waals surface area contributed by atoms with Crippen LogP contribution in [-0.2, 0) is 6.42 Å². The van der Waals surface area contributed by atoms with Gasteiger partial charge in [0.1, 0.15) is 5.75 Å². The Hall–Kier alpha value is -1.96. The van der Waals surface area contributed by atoms with Crippen LogP contribution >= 0.6 is 0 Å². The number of fused-ring (bicyclic) bond motifs is 1. The van der Waals surface area contributed by atoms with Crippen molar-refractivity contribution >= 4 is 5.69 Å². The number of methoxy groups -OCH3 is 1. The van der Waals surface area contributed by atoms with Gasteiger partial charge in [0.2, 0.25) is 0 Å². The molecule has 2 nitrogen and oxygen atoms in total. The molecule has 0 saturated heterocycles. The van der Waals surface area contributed by atoms with Gasteiger partial charge in [0.15, 0.2) is 0 Å². The first kappa shape index (κ1) is 13.0. The third-order valence-corrected chi connectivity index (χ3v) is 4.07. The van der Waals surface area contributed by atoms with Gasteiger partial charge in [0, 0.05) is 5.69 Å². The van der Waals surface area contributed by atoms with E-state index in [2.05, 4.69) is 49.5 Å². The van der Waals surface area contributed by atoms with Crippen LogP contribution in [0.15, 0.2) is 42.5 Å². The number of nitrogens with one attached hydrogen (secondary N) is 1. The second-order valence-corrected chi connectivity index (χ2v) is 5.75.